The minimum absolute atomic E-state index is 0.728. The number of para-hydroxylation sites is 1. The average molecular weight is 375 g/mol. The maximum absolute atomic E-state index is 6.07. The number of nitrogens with zero attached hydrogens (tertiary/aromatic N) is 4. The Bertz CT molecular complexity index is 1160. The topological polar surface area (TPSA) is 33.4 Å². The van der Waals surface area contributed by atoms with E-state index in [1.807, 2.05) is 42.6 Å². The Morgan fingerprint density at radius 1 is 1.00 bits per heavy atom. The monoisotopic (exact) mass is 374 g/mol. The number of aromatic nitrogens is 3. The molecule has 0 N–H and O–H groups in total. The Kier molecular flexibility index (Phi) is 3.69. The summed E-state index contributed by atoms with van der Waals surface area (Å²) in [5.74, 6) is 1.06. The van der Waals surface area contributed by atoms with Crippen LogP contribution in [0.3, 0.4) is 0 Å². The van der Waals surface area contributed by atoms with Crippen molar-refractivity contribution in [2.75, 3.05) is 11.4 Å². The van der Waals surface area contributed by atoms with Crippen molar-refractivity contribution in [1.29, 1.82) is 0 Å². The first kappa shape index (κ1) is 16.3. The third-order valence-corrected chi connectivity index (χ3v) is 5.42. The fourth-order valence-electron chi connectivity index (χ4n) is 3.95. The van der Waals surface area contributed by atoms with Crippen LogP contribution in [0.1, 0.15) is 17.0 Å². The zero-order valence-electron chi connectivity index (χ0n) is 15.3. The molecule has 4 nitrogen and oxygen atoms in total. The van der Waals surface area contributed by atoms with Crippen LogP contribution >= 0.6 is 11.6 Å². The van der Waals surface area contributed by atoms with Gasteiger partial charge in [-0.25, -0.2) is 4.98 Å². The Balaban J connectivity index is 1.74. The van der Waals surface area contributed by atoms with Gasteiger partial charge in [0.15, 0.2) is 5.65 Å². The highest BCUT2D eigenvalue weighted by atomic mass is 35.5. The summed E-state index contributed by atoms with van der Waals surface area (Å²) in [7, 11) is 0. The lowest BCUT2D eigenvalue weighted by atomic mass is 10.1. The van der Waals surface area contributed by atoms with E-state index in [0.717, 1.165) is 52.0 Å². The molecule has 2 aromatic carbocycles. The minimum atomic E-state index is 0.728. The Labute approximate surface area is 163 Å². The van der Waals surface area contributed by atoms with Gasteiger partial charge in [0, 0.05) is 34.6 Å². The van der Waals surface area contributed by atoms with Gasteiger partial charge in [-0.2, -0.15) is 9.61 Å². The van der Waals surface area contributed by atoms with Gasteiger partial charge in [0.2, 0.25) is 0 Å². The Hall–Kier alpha value is -2.85. The average Bonchev–Trinajstić information content (AvgIpc) is 3.23. The molecule has 0 saturated carbocycles. The fourth-order valence-corrected chi connectivity index (χ4v) is 4.07. The van der Waals surface area contributed by atoms with Gasteiger partial charge in [0.25, 0.3) is 0 Å². The van der Waals surface area contributed by atoms with Gasteiger partial charge in [0.1, 0.15) is 5.82 Å². The van der Waals surface area contributed by atoms with Gasteiger partial charge in [-0.05, 0) is 49.6 Å². The molecule has 0 spiro atoms. The number of hydrogen-bond acceptors (Lipinski definition) is 3. The van der Waals surface area contributed by atoms with Gasteiger partial charge >= 0.3 is 0 Å². The lowest BCUT2D eigenvalue weighted by Gasteiger charge is -2.20. The lowest BCUT2D eigenvalue weighted by molar-refractivity contribution is 0.862. The smallest absolute Gasteiger partial charge is 0.165 e. The molecule has 5 heteroatoms. The van der Waals surface area contributed by atoms with E-state index in [-0.39, 0.29) is 0 Å². The predicted molar refractivity (Wildman–Crippen MR) is 110 cm³/mol. The van der Waals surface area contributed by atoms with E-state index >= 15 is 0 Å². The van der Waals surface area contributed by atoms with Crippen molar-refractivity contribution in [1.82, 2.24) is 14.6 Å². The Morgan fingerprint density at radius 2 is 1.78 bits per heavy atom. The normalized spacial score (nSPS) is 13.4. The van der Waals surface area contributed by atoms with E-state index in [1.165, 1.54) is 11.3 Å². The predicted octanol–water partition coefficient (Wildman–Crippen LogP) is 5.36. The number of rotatable bonds is 2. The lowest BCUT2D eigenvalue weighted by Crippen LogP contribution is -2.18. The van der Waals surface area contributed by atoms with Gasteiger partial charge in [0.05, 0.1) is 5.69 Å². The van der Waals surface area contributed by atoms with Gasteiger partial charge < -0.3 is 4.90 Å². The van der Waals surface area contributed by atoms with Crippen LogP contribution in [0.25, 0.3) is 16.8 Å². The Morgan fingerprint density at radius 3 is 2.59 bits per heavy atom. The molecule has 0 saturated heterocycles. The molecule has 0 unspecified atom stereocenters. The third-order valence-electron chi connectivity index (χ3n) is 5.17. The second-order valence-corrected chi connectivity index (χ2v) is 7.43. The molecule has 1 aliphatic heterocycles. The van der Waals surface area contributed by atoms with Crippen LogP contribution in [-0.4, -0.2) is 21.1 Å². The van der Waals surface area contributed by atoms with E-state index in [9.17, 15) is 0 Å². The molecule has 27 heavy (non-hydrogen) atoms. The summed E-state index contributed by atoms with van der Waals surface area (Å²) in [5.41, 5.74) is 7.60. The standard InChI is InChI=1S/C22H19ClN4/c1-14-13-20(26-12-11-16-5-3-4-6-19(16)26)27-22(24-14)21(15(2)25-27)17-7-9-18(23)10-8-17/h3-10,13H,11-12H2,1-2H3. The first-order valence-electron chi connectivity index (χ1n) is 9.10. The van der Waals surface area contributed by atoms with Crippen molar-refractivity contribution in [2.24, 2.45) is 0 Å². The van der Waals surface area contributed by atoms with Crippen LogP contribution in [0.2, 0.25) is 5.02 Å². The van der Waals surface area contributed by atoms with Crippen LogP contribution < -0.4 is 4.90 Å². The first-order valence-corrected chi connectivity index (χ1v) is 9.48. The number of fused-ring (bicyclic) bond motifs is 2. The molecule has 0 aliphatic carbocycles. The quantitative estimate of drug-likeness (QED) is 0.473. The molecular formula is C22H19ClN4. The van der Waals surface area contributed by atoms with Crippen molar-refractivity contribution < 1.29 is 0 Å². The molecule has 134 valence electrons. The number of anilines is 2. The number of halogens is 1. The van der Waals surface area contributed by atoms with Crippen LogP contribution in [-0.2, 0) is 6.42 Å². The third kappa shape index (κ3) is 2.60. The summed E-state index contributed by atoms with van der Waals surface area (Å²) >= 11 is 6.07. The van der Waals surface area contributed by atoms with Crippen LogP contribution in [0.5, 0.6) is 0 Å². The molecule has 0 bridgehead atoms. The van der Waals surface area contributed by atoms with Crippen molar-refractivity contribution >= 4 is 28.8 Å². The SMILES string of the molecule is Cc1cc(N2CCc3ccccc32)n2nc(C)c(-c3ccc(Cl)cc3)c2n1. The zero-order chi connectivity index (χ0) is 18.5. The van der Waals surface area contributed by atoms with E-state index in [4.69, 9.17) is 21.7 Å². The van der Waals surface area contributed by atoms with E-state index in [2.05, 4.69) is 35.2 Å². The molecular weight excluding hydrogens is 356 g/mol. The van der Waals surface area contributed by atoms with Crippen LogP contribution in [0.4, 0.5) is 11.5 Å². The summed E-state index contributed by atoms with van der Waals surface area (Å²) in [5, 5.41) is 5.58. The molecule has 5 rings (SSSR count). The maximum Gasteiger partial charge on any atom is 0.165 e. The second kappa shape index (κ2) is 6.10. The van der Waals surface area contributed by atoms with Crippen molar-refractivity contribution in [2.45, 2.75) is 20.3 Å². The fraction of sp³-hybridized carbons (Fsp3) is 0.182. The molecule has 4 aromatic rings. The number of aryl methyl sites for hydroxylation is 2. The molecule has 0 atom stereocenters. The molecule has 0 fully saturated rings. The molecule has 2 aromatic heterocycles. The molecule has 3 heterocycles. The van der Waals surface area contributed by atoms with E-state index in [1.54, 1.807) is 0 Å². The van der Waals surface area contributed by atoms with Crippen molar-refractivity contribution in [3.05, 3.63) is 76.6 Å². The van der Waals surface area contributed by atoms with Gasteiger partial charge in [-0.1, -0.05) is 41.9 Å². The van der Waals surface area contributed by atoms with Crippen molar-refractivity contribution in [3.8, 4) is 11.1 Å². The number of hydrogen-bond donors (Lipinski definition) is 0. The summed E-state index contributed by atoms with van der Waals surface area (Å²) < 4.78 is 1.98. The highest BCUT2D eigenvalue weighted by Crippen LogP contribution is 2.37. The molecule has 0 amide bonds. The van der Waals surface area contributed by atoms with Crippen molar-refractivity contribution in [3.63, 3.8) is 0 Å². The van der Waals surface area contributed by atoms with Crippen LogP contribution in [0.15, 0.2) is 54.6 Å². The zero-order valence-corrected chi connectivity index (χ0v) is 16.0. The molecule has 0 radical (unpaired) electrons. The van der Waals surface area contributed by atoms with Crippen LogP contribution in [0, 0.1) is 13.8 Å². The first-order chi connectivity index (χ1) is 13.1. The largest absolute Gasteiger partial charge is 0.326 e. The summed E-state index contributed by atoms with van der Waals surface area (Å²) in [6.45, 7) is 5.03. The number of benzene rings is 2. The minimum Gasteiger partial charge on any atom is -0.326 e. The highest BCUT2D eigenvalue weighted by molar-refractivity contribution is 6.30. The summed E-state index contributed by atoms with van der Waals surface area (Å²) in [4.78, 5) is 7.17. The van der Waals surface area contributed by atoms with Gasteiger partial charge in [-0.15, -0.1) is 0 Å². The summed E-state index contributed by atoms with van der Waals surface area (Å²) in [6, 6.07) is 18.6. The molecule has 1 aliphatic rings. The summed E-state index contributed by atoms with van der Waals surface area (Å²) in [6.07, 6.45) is 1.04. The van der Waals surface area contributed by atoms with E-state index < -0.39 is 0 Å². The van der Waals surface area contributed by atoms with Gasteiger partial charge in [-0.3, -0.25) is 0 Å². The van der Waals surface area contributed by atoms with E-state index in [0.29, 0.717) is 0 Å². The maximum atomic E-state index is 6.07. The highest BCUT2D eigenvalue weighted by Gasteiger charge is 2.24. The second-order valence-electron chi connectivity index (χ2n) is 6.99.